The molecule has 0 saturated carbocycles. The molecule has 0 aliphatic rings. The third kappa shape index (κ3) is 3.35. The number of hydrogen-bond acceptors (Lipinski definition) is 2. The lowest BCUT2D eigenvalue weighted by Crippen LogP contribution is -2.25. The molecule has 1 N–H and O–H groups in total. The Morgan fingerprint density at radius 2 is 2.10 bits per heavy atom. The molecule has 2 nitrogen and oxygen atoms in total. The van der Waals surface area contributed by atoms with Gasteiger partial charge in [-0.3, -0.25) is 4.98 Å². The van der Waals surface area contributed by atoms with E-state index in [2.05, 4.69) is 17.2 Å². The Morgan fingerprint density at radius 3 is 2.80 bits per heavy atom. The average molecular weight is 293 g/mol. The average Bonchev–Trinajstić information content (AvgIpc) is 2.44. The van der Waals surface area contributed by atoms with Crippen molar-refractivity contribution in [3.63, 3.8) is 0 Å². The molecular formula is C16H18ClFN2. The molecule has 0 amide bonds. The van der Waals surface area contributed by atoms with E-state index in [1.165, 1.54) is 6.07 Å². The molecule has 0 aliphatic heterocycles. The van der Waals surface area contributed by atoms with Gasteiger partial charge in [0, 0.05) is 23.0 Å². The molecule has 20 heavy (non-hydrogen) atoms. The fraction of sp³-hybridized carbons (Fsp3) is 0.312. The van der Waals surface area contributed by atoms with E-state index in [1.807, 2.05) is 13.0 Å². The van der Waals surface area contributed by atoms with Crippen molar-refractivity contribution < 1.29 is 4.39 Å². The Morgan fingerprint density at radius 1 is 1.30 bits per heavy atom. The molecular weight excluding hydrogens is 275 g/mol. The van der Waals surface area contributed by atoms with Gasteiger partial charge < -0.3 is 5.32 Å². The Hall–Kier alpha value is -1.45. The van der Waals surface area contributed by atoms with E-state index in [-0.39, 0.29) is 11.9 Å². The summed E-state index contributed by atoms with van der Waals surface area (Å²) in [5.41, 5.74) is 2.61. The molecule has 4 heteroatoms. The topological polar surface area (TPSA) is 24.9 Å². The Kier molecular flexibility index (Phi) is 5.10. The summed E-state index contributed by atoms with van der Waals surface area (Å²) >= 11 is 6.01. The van der Waals surface area contributed by atoms with Crippen LogP contribution in [-0.2, 0) is 0 Å². The molecule has 2 aromatic rings. The normalized spacial score (nSPS) is 12.4. The van der Waals surface area contributed by atoms with Crippen molar-refractivity contribution >= 4 is 11.6 Å². The lowest BCUT2D eigenvalue weighted by atomic mass is 9.96. The highest BCUT2D eigenvalue weighted by molar-refractivity contribution is 6.30. The predicted molar refractivity (Wildman–Crippen MR) is 80.5 cm³/mol. The van der Waals surface area contributed by atoms with Gasteiger partial charge >= 0.3 is 0 Å². The molecule has 1 atom stereocenters. The quantitative estimate of drug-likeness (QED) is 0.890. The highest BCUT2D eigenvalue weighted by atomic mass is 35.5. The lowest BCUT2D eigenvalue weighted by Gasteiger charge is -2.21. The summed E-state index contributed by atoms with van der Waals surface area (Å²) in [7, 11) is 0. The third-order valence-corrected chi connectivity index (χ3v) is 3.49. The van der Waals surface area contributed by atoms with Gasteiger partial charge in [0.25, 0.3) is 0 Å². The van der Waals surface area contributed by atoms with E-state index in [9.17, 15) is 4.39 Å². The first-order chi connectivity index (χ1) is 9.63. The molecule has 0 saturated heterocycles. The fourth-order valence-corrected chi connectivity index (χ4v) is 2.37. The van der Waals surface area contributed by atoms with E-state index in [0.717, 1.165) is 24.1 Å². The van der Waals surface area contributed by atoms with Gasteiger partial charge in [0.05, 0.1) is 6.04 Å². The van der Waals surface area contributed by atoms with Crippen LogP contribution in [0.4, 0.5) is 4.39 Å². The second-order valence-electron chi connectivity index (χ2n) is 4.79. The number of benzene rings is 1. The van der Waals surface area contributed by atoms with Crippen molar-refractivity contribution in [3.05, 3.63) is 64.2 Å². The number of aryl methyl sites for hydroxylation is 1. The van der Waals surface area contributed by atoms with Crippen LogP contribution in [0.2, 0.25) is 5.02 Å². The molecule has 0 bridgehead atoms. The van der Waals surface area contributed by atoms with Crippen LogP contribution < -0.4 is 5.32 Å². The van der Waals surface area contributed by atoms with Crippen LogP contribution in [0, 0.1) is 12.7 Å². The monoisotopic (exact) mass is 292 g/mol. The van der Waals surface area contributed by atoms with E-state index in [1.54, 1.807) is 24.5 Å². The second-order valence-corrected chi connectivity index (χ2v) is 5.22. The van der Waals surface area contributed by atoms with Crippen molar-refractivity contribution in [1.82, 2.24) is 10.3 Å². The van der Waals surface area contributed by atoms with Gasteiger partial charge in [-0.2, -0.15) is 0 Å². The number of nitrogens with one attached hydrogen (secondary N) is 1. The zero-order valence-corrected chi connectivity index (χ0v) is 12.4. The minimum Gasteiger partial charge on any atom is -0.306 e. The number of hydrogen-bond donors (Lipinski definition) is 1. The zero-order chi connectivity index (χ0) is 14.5. The SMILES string of the molecule is CCCNC(c1cnccc1C)c1cc(Cl)ccc1F. The summed E-state index contributed by atoms with van der Waals surface area (Å²) in [5, 5.41) is 3.91. The fourth-order valence-electron chi connectivity index (χ4n) is 2.19. The van der Waals surface area contributed by atoms with Gasteiger partial charge in [0.15, 0.2) is 0 Å². The standard InChI is InChI=1S/C16H18ClFN2/c1-3-7-20-16(14-10-19-8-6-11(14)2)13-9-12(17)4-5-15(13)18/h4-6,8-10,16,20H,3,7H2,1-2H3. The zero-order valence-electron chi connectivity index (χ0n) is 11.7. The van der Waals surface area contributed by atoms with E-state index in [0.29, 0.717) is 10.6 Å². The van der Waals surface area contributed by atoms with E-state index >= 15 is 0 Å². The molecule has 1 heterocycles. The van der Waals surface area contributed by atoms with Crippen LogP contribution in [-0.4, -0.2) is 11.5 Å². The minimum absolute atomic E-state index is 0.234. The maximum Gasteiger partial charge on any atom is 0.128 e. The summed E-state index contributed by atoms with van der Waals surface area (Å²) in [5.74, 6) is -0.258. The highest BCUT2D eigenvalue weighted by Crippen LogP contribution is 2.28. The number of pyridine rings is 1. The molecule has 1 unspecified atom stereocenters. The van der Waals surface area contributed by atoms with Gasteiger partial charge in [-0.05, 0) is 55.3 Å². The van der Waals surface area contributed by atoms with E-state index in [4.69, 9.17) is 11.6 Å². The number of nitrogens with zero attached hydrogens (tertiary/aromatic N) is 1. The van der Waals surface area contributed by atoms with Gasteiger partial charge in [0.2, 0.25) is 0 Å². The van der Waals surface area contributed by atoms with Crippen LogP contribution in [0.3, 0.4) is 0 Å². The van der Waals surface area contributed by atoms with Gasteiger partial charge in [-0.1, -0.05) is 18.5 Å². The maximum absolute atomic E-state index is 14.1. The summed E-state index contributed by atoms with van der Waals surface area (Å²) in [6.45, 7) is 4.87. The summed E-state index contributed by atoms with van der Waals surface area (Å²) in [4.78, 5) is 4.16. The van der Waals surface area contributed by atoms with Crippen molar-refractivity contribution in [3.8, 4) is 0 Å². The molecule has 0 radical (unpaired) electrons. The van der Waals surface area contributed by atoms with E-state index < -0.39 is 0 Å². The van der Waals surface area contributed by atoms with Crippen LogP contribution in [0.15, 0.2) is 36.7 Å². The number of rotatable bonds is 5. The summed E-state index contributed by atoms with van der Waals surface area (Å²) < 4.78 is 14.1. The first kappa shape index (κ1) is 14.9. The van der Waals surface area contributed by atoms with Crippen LogP contribution in [0.5, 0.6) is 0 Å². The lowest BCUT2D eigenvalue weighted by molar-refractivity contribution is 0.544. The predicted octanol–water partition coefficient (Wildman–Crippen LogP) is 4.27. The Labute approximate surface area is 124 Å². The Balaban J connectivity index is 2.47. The first-order valence-corrected chi connectivity index (χ1v) is 7.10. The number of halogens is 2. The summed E-state index contributed by atoms with van der Waals surface area (Å²) in [6, 6.07) is 6.34. The van der Waals surface area contributed by atoms with Crippen molar-refractivity contribution in [2.45, 2.75) is 26.3 Å². The molecule has 106 valence electrons. The largest absolute Gasteiger partial charge is 0.306 e. The minimum atomic E-state index is -0.258. The Bertz CT molecular complexity index is 586. The van der Waals surface area contributed by atoms with Gasteiger partial charge in [-0.25, -0.2) is 4.39 Å². The van der Waals surface area contributed by atoms with Gasteiger partial charge in [-0.15, -0.1) is 0 Å². The molecule has 0 fully saturated rings. The first-order valence-electron chi connectivity index (χ1n) is 6.72. The molecule has 0 aliphatic carbocycles. The van der Waals surface area contributed by atoms with Crippen molar-refractivity contribution in [1.29, 1.82) is 0 Å². The number of aromatic nitrogens is 1. The van der Waals surface area contributed by atoms with Crippen molar-refractivity contribution in [2.75, 3.05) is 6.54 Å². The molecule has 1 aromatic heterocycles. The summed E-state index contributed by atoms with van der Waals surface area (Å²) in [6.07, 6.45) is 4.49. The van der Waals surface area contributed by atoms with Crippen LogP contribution in [0.1, 0.15) is 36.1 Å². The van der Waals surface area contributed by atoms with Crippen LogP contribution in [0.25, 0.3) is 0 Å². The second kappa shape index (κ2) is 6.82. The molecule has 1 aromatic carbocycles. The van der Waals surface area contributed by atoms with Crippen LogP contribution >= 0.6 is 11.6 Å². The molecule has 0 spiro atoms. The smallest absolute Gasteiger partial charge is 0.128 e. The highest BCUT2D eigenvalue weighted by Gasteiger charge is 2.19. The third-order valence-electron chi connectivity index (χ3n) is 3.26. The van der Waals surface area contributed by atoms with Crippen molar-refractivity contribution in [2.24, 2.45) is 0 Å². The molecule has 2 rings (SSSR count). The maximum atomic E-state index is 14.1. The van der Waals surface area contributed by atoms with Gasteiger partial charge in [0.1, 0.15) is 5.82 Å².